The van der Waals surface area contributed by atoms with Gasteiger partial charge in [0.15, 0.2) is 0 Å². The van der Waals surface area contributed by atoms with E-state index in [9.17, 15) is 32.9 Å². The minimum Gasteiger partial charge on any atom is -0.363 e. The molecule has 1 aliphatic heterocycles. The average molecular weight is 417 g/mol. The molecule has 0 aliphatic carbocycles. The molecule has 2 N–H and O–H groups in total. The Bertz CT molecular complexity index is 777. The number of nitrogens with zero attached hydrogens (tertiary/aromatic N) is 3. The minimum absolute atomic E-state index is 0.0333. The van der Waals surface area contributed by atoms with Gasteiger partial charge in [0.25, 0.3) is 5.69 Å². The Morgan fingerprint density at radius 3 is 2.34 bits per heavy atom. The Morgan fingerprint density at radius 1 is 1.21 bits per heavy atom. The molecule has 0 saturated carbocycles. The Kier molecular flexibility index (Phi) is 7.01. The predicted octanol–water partition coefficient (Wildman–Crippen LogP) is 1.97. The van der Waals surface area contributed by atoms with Gasteiger partial charge in [-0.3, -0.25) is 25.1 Å². The van der Waals surface area contributed by atoms with Crippen molar-refractivity contribution in [1.82, 2.24) is 15.5 Å². The second kappa shape index (κ2) is 9.07. The maximum Gasteiger partial charge on any atom is 0.416 e. The highest BCUT2D eigenvalue weighted by Gasteiger charge is 2.34. The Labute approximate surface area is 165 Å². The second-order valence-corrected chi connectivity index (χ2v) is 6.90. The fourth-order valence-electron chi connectivity index (χ4n) is 2.93. The topological polar surface area (TPSA) is 108 Å². The molecule has 0 spiro atoms. The van der Waals surface area contributed by atoms with Crippen LogP contribution >= 0.6 is 0 Å². The van der Waals surface area contributed by atoms with Crippen LogP contribution in [-0.4, -0.2) is 60.5 Å². The minimum atomic E-state index is -4.67. The summed E-state index contributed by atoms with van der Waals surface area (Å²) in [6.45, 7) is 4.77. The molecule has 0 radical (unpaired) electrons. The first-order valence-corrected chi connectivity index (χ1v) is 8.90. The van der Waals surface area contributed by atoms with Crippen LogP contribution in [0, 0.1) is 10.1 Å². The van der Waals surface area contributed by atoms with Gasteiger partial charge in [0.05, 0.1) is 17.0 Å². The van der Waals surface area contributed by atoms with Crippen LogP contribution in [-0.2, 0) is 11.0 Å². The molecular weight excluding hydrogens is 395 g/mol. The van der Waals surface area contributed by atoms with Crippen molar-refractivity contribution in [3.63, 3.8) is 0 Å². The summed E-state index contributed by atoms with van der Waals surface area (Å²) in [6, 6.07) is 1.73. The molecule has 1 fully saturated rings. The van der Waals surface area contributed by atoms with Gasteiger partial charge >= 0.3 is 12.2 Å². The number of rotatable bonds is 5. The number of amides is 3. The maximum atomic E-state index is 12.8. The molecule has 160 valence electrons. The van der Waals surface area contributed by atoms with Crippen LogP contribution in [0.5, 0.6) is 0 Å². The summed E-state index contributed by atoms with van der Waals surface area (Å²) in [5.41, 5.74) is -1.59. The van der Waals surface area contributed by atoms with E-state index >= 15 is 0 Å². The fraction of sp³-hybridized carbons (Fsp3) is 0.529. The summed E-state index contributed by atoms with van der Waals surface area (Å²) in [5.74, 6) is -0.489. The number of halogens is 3. The molecular formula is C17H22F3N5O4. The molecule has 29 heavy (non-hydrogen) atoms. The van der Waals surface area contributed by atoms with E-state index in [1.54, 1.807) is 23.6 Å². The number of nitro groups is 1. The summed E-state index contributed by atoms with van der Waals surface area (Å²) in [4.78, 5) is 37.2. The van der Waals surface area contributed by atoms with Crippen LogP contribution in [0.15, 0.2) is 18.2 Å². The lowest BCUT2D eigenvalue weighted by atomic mass is 10.1. The van der Waals surface area contributed by atoms with Gasteiger partial charge in [0.1, 0.15) is 5.69 Å². The van der Waals surface area contributed by atoms with Gasteiger partial charge in [-0.25, -0.2) is 4.79 Å². The van der Waals surface area contributed by atoms with Crippen LogP contribution in [0.2, 0.25) is 0 Å². The van der Waals surface area contributed by atoms with Crippen molar-refractivity contribution in [3.05, 3.63) is 33.9 Å². The first-order chi connectivity index (χ1) is 13.5. The average Bonchev–Trinajstić information content (AvgIpc) is 2.60. The summed E-state index contributed by atoms with van der Waals surface area (Å²) in [7, 11) is 0. The maximum absolute atomic E-state index is 12.8. The highest BCUT2D eigenvalue weighted by Crippen LogP contribution is 2.36. The third-order valence-electron chi connectivity index (χ3n) is 4.25. The van der Waals surface area contributed by atoms with E-state index in [4.69, 9.17) is 0 Å². The molecule has 1 saturated heterocycles. The molecule has 1 aromatic rings. The quantitative estimate of drug-likeness (QED) is 0.560. The van der Waals surface area contributed by atoms with Crippen LogP contribution in [0.3, 0.4) is 0 Å². The third kappa shape index (κ3) is 6.31. The largest absolute Gasteiger partial charge is 0.416 e. The number of imide groups is 1. The van der Waals surface area contributed by atoms with Crippen molar-refractivity contribution in [2.75, 3.05) is 37.6 Å². The molecule has 0 aromatic heterocycles. The Hall–Kier alpha value is -2.89. The van der Waals surface area contributed by atoms with Crippen molar-refractivity contribution in [2.45, 2.75) is 26.1 Å². The monoisotopic (exact) mass is 417 g/mol. The van der Waals surface area contributed by atoms with E-state index in [-0.39, 0.29) is 31.4 Å². The number of hydrogen-bond donors (Lipinski definition) is 2. The Balaban J connectivity index is 1.98. The van der Waals surface area contributed by atoms with Crippen LogP contribution in [0.1, 0.15) is 19.4 Å². The van der Waals surface area contributed by atoms with E-state index in [0.29, 0.717) is 19.2 Å². The molecule has 2 rings (SSSR count). The van der Waals surface area contributed by atoms with Crippen LogP contribution < -0.4 is 15.5 Å². The molecule has 3 amide bonds. The zero-order chi connectivity index (χ0) is 21.8. The number of carbonyl (C=O) groups excluding carboxylic acids is 2. The zero-order valence-electron chi connectivity index (χ0n) is 16.0. The lowest BCUT2D eigenvalue weighted by Gasteiger charge is -2.35. The summed E-state index contributed by atoms with van der Waals surface area (Å²) >= 11 is 0. The van der Waals surface area contributed by atoms with Gasteiger partial charge in [0, 0.05) is 38.3 Å². The molecule has 12 heteroatoms. The standard InChI is InChI=1S/C17H22F3N5O4/c1-11(2)21-16(27)22-15(26)10-23-5-7-24(8-6-23)13-4-3-12(17(18,19)20)9-14(13)25(28)29/h3-4,9,11H,5-8,10H2,1-2H3,(H2,21,22,26,27). The second-order valence-electron chi connectivity index (χ2n) is 6.90. The summed E-state index contributed by atoms with van der Waals surface area (Å²) in [5, 5.41) is 16.0. The van der Waals surface area contributed by atoms with Gasteiger partial charge in [-0.15, -0.1) is 0 Å². The van der Waals surface area contributed by atoms with Gasteiger partial charge in [-0.1, -0.05) is 0 Å². The lowest BCUT2D eigenvalue weighted by molar-refractivity contribution is -0.384. The lowest BCUT2D eigenvalue weighted by Crippen LogP contribution is -2.51. The SMILES string of the molecule is CC(C)NC(=O)NC(=O)CN1CCN(c2ccc(C(F)(F)F)cc2[N+](=O)[O-])CC1. The summed E-state index contributed by atoms with van der Waals surface area (Å²) < 4.78 is 38.5. The number of nitrogens with one attached hydrogen (secondary N) is 2. The number of anilines is 1. The number of carbonyl (C=O) groups is 2. The van der Waals surface area contributed by atoms with E-state index in [0.717, 1.165) is 12.1 Å². The molecule has 0 atom stereocenters. The van der Waals surface area contributed by atoms with E-state index in [2.05, 4.69) is 10.6 Å². The fourth-order valence-corrected chi connectivity index (χ4v) is 2.93. The smallest absolute Gasteiger partial charge is 0.363 e. The molecule has 1 aliphatic rings. The van der Waals surface area contributed by atoms with E-state index in [1.165, 1.54) is 0 Å². The molecule has 0 bridgehead atoms. The van der Waals surface area contributed by atoms with Crippen LogP contribution in [0.4, 0.5) is 29.3 Å². The van der Waals surface area contributed by atoms with Crippen molar-refractivity contribution in [2.24, 2.45) is 0 Å². The number of piperazine rings is 1. The predicted molar refractivity (Wildman–Crippen MR) is 98.6 cm³/mol. The van der Waals surface area contributed by atoms with Crippen molar-refractivity contribution in [1.29, 1.82) is 0 Å². The van der Waals surface area contributed by atoms with Gasteiger partial charge in [-0.05, 0) is 26.0 Å². The van der Waals surface area contributed by atoms with Crippen LogP contribution in [0.25, 0.3) is 0 Å². The highest BCUT2D eigenvalue weighted by molar-refractivity contribution is 5.95. The molecule has 1 aromatic carbocycles. The number of alkyl halides is 3. The summed E-state index contributed by atoms with van der Waals surface area (Å²) in [6.07, 6.45) is -4.67. The number of urea groups is 1. The third-order valence-corrected chi connectivity index (χ3v) is 4.25. The van der Waals surface area contributed by atoms with E-state index < -0.39 is 34.3 Å². The molecule has 0 unspecified atom stereocenters. The van der Waals surface area contributed by atoms with E-state index in [1.807, 2.05) is 0 Å². The van der Waals surface area contributed by atoms with Crippen molar-refractivity contribution >= 4 is 23.3 Å². The highest BCUT2D eigenvalue weighted by atomic mass is 19.4. The number of hydrogen-bond acceptors (Lipinski definition) is 6. The first-order valence-electron chi connectivity index (χ1n) is 8.90. The van der Waals surface area contributed by atoms with Gasteiger partial charge < -0.3 is 10.2 Å². The molecule has 9 nitrogen and oxygen atoms in total. The van der Waals surface area contributed by atoms with Gasteiger partial charge in [-0.2, -0.15) is 13.2 Å². The van der Waals surface area contributed by atoms with Gasteiger partial charge in [0.2, 0.25) is 5.91 Å². The van der Waals surface area contributed by atoms with Crippen molar-refractivity contribution in [3.8, 4) is 0 Å². The number of benzene rings is 1. The first kappa shape index (κ1) is 22.4. The zero-order valence-corrected chi connectivity index (χ0v) is 16.0. The van der Waals surface area contributed by atoms with Crippen molar-refractivity contribution < 1.29 is 27.7 Å². The normalized spacial score (nSPS) is 15.3. The number of nitro benzene ring substituents is 1. The Morgan fingerprint density at radius 2 is 1.83 bits per heavy atom. The molecule has 1 heterocycles.